The number of carbonyl (C=O) groups excluding carboxylic acids is 3. The molecule has 232 valence electrons. The third-order valence-corrected chi connectivity index (χ3v) is 7.96. The summed E-state index contributed by atoms with van der Waals surface area (Å²) in [5.74, 6) is -1.02. The SMILES string of the molecule is COC1CCN(C(=O)C(c2ccccc2)n2cnc(C3CN3C(=O)C(COCc3ccccc3)=NC(=O)C(C)(C)N)c2)CC1. The lowest BCUT2D eigenvalue weighted by Crippen LogP contribution is -2.44. The summed E-state index contributed by atoms with van der Waals surface area (Å²) in [6.45, 7) is 4.87. The molecule has 3 amide bonds. The molecule has 0 spiro atoms. The zero-order chi connectivity index (χ0) is 31.3. The molecule has 2 N–H and O–H groups in total. The molecule has 11 heteroatoms. The lowest BCUT2D eigenvalue weighted by atomic mass is 10.0. The van der Waals surface area contributed by atoms with Crippen LogP contribution in [0.1, 0.15) is 55.6 Å². The van der Waals surface area contributed by atoms with E-state index < -0.39 is 23.4 Å². The van der Waals surface area contributed by atoms with Crippen LogP contribution in [0, 0.1) is 0 Å². The minimum atomic E-state index is -1.24. The van der Waals surface area contributed by atoms with Gasteiger partial charge in [0.15, 0.2) is 0 Å². The standard InChI is InChI=1S/C33H40N6O5/c1-33(2,34)32(42)36-27(21-44-20-23-10-6-4-7-11-23)30(40)39-19-28(39)26-18-38(22-35-26)29(24-12-8-5-9-13-24)31(41)37-16-14-25(43-3)15-17-37/h4-13,18,22,25,28-29H,14-17,19-21,34H2,1-3H3. The zero-order valence-corrected chi connectivity index (χ0v) is 25.5. The van der Waals surface area contributed by atoms with Crippen molar-refractivity contribution in [3.63, 3.8) is 0 Å². The van der Waals surface area contributed by atoms with Crippen molar-refractivity contribution in [3.8, 4) is 0 Å². The molecule has 2 unspecified atom stereocenters. The van der Waals surface area contributed by atoms with Crippen molar-refractivity contribution in [2.45, 2.75) is 57.0 Å². The van der Waals surface area contributed by atoms with Gasteiger partial charge < -0.3 is 29.6 Å². The van der Waals surface area contributed by atoms with Gasteiger partial charge in [-0.1, -0.05) is 60.7 Å². The normalized spacial score (nSPS) is 18.3. The van der Waals surface area contributed by atoms with Crippen LogP contribution in [0.5, 0.6) is 0 Å². The van der Waals surface area contributed by atoms with Crippen LogP contribution in [0.3, 0.4) is 0 Å². The molecule has 11 nitrogen and oxygen atoms in total. The predicted octanol–water partition coefficient (Wildman–Crippen LogP) is 2.91. The maximum atomic E-state index is 13.8. The minimum Gasteiger partial charge on any atom is -0.381 e. The molecule has 2 atom stereocenters. The molecule has 3 heterocycles. The summed E-state index contributed by atoms with van der Waals surface area (Å²) in [4.78, 5) is 52.2. The van der Waals surface area contributed by atoms with Crippen LogP contribution in [-0.4, -0.2) is 87.8 Å². The number of nitrogens with zero attached hydrogens (tertiary/aromatic N) is 5. The summed E-state index contributed by atoms with van der Waals surface area (Å²) >= 11 is 0. The quantitative estimate of drug-likeness (QED) is 0.264. The molecular weight excluding hydrogens is 560 g/mol. The average molecular weight is 601 g/mol. The number of hydrogen-bond acceptors (Lipinski definition) is 7. The summed E-state index contributed by atoms with van der Waals surface area (Å²) in [5, 5.41) is 0. The Hall–Kier alpha value is -4.19. The van der Waals surface area contributed by atoms with Gasteiger partial charge in [-0.05, 0) is 37.8 Å². The number of imidazole rings is 1. The summed E-state index contributed by atoms with van der Waals surface area (Å²) in [7, 11) is 1.71. The molecule has 0 aliphatic carbocycles. The van der Waals surface area contributed by atoms with E-state index in [1.54, 1.807) is 32.2 Å². The van der Waals surface area contributed by atoms with Crippen molar-refractivity contribution in [1.29, 1.82) is 0 Å². The van der Waals surface area contributed by atoms with E-state index >= 15 is 0 Å². The summed E-state index contributed by atoms with van der Waals surface area (Å²) in [6.07, 6.45) is 5.22. The Balaban J connectivity index is 1.31. The fraction of sp³-hybridized carbons (Fsp3) is 0.424. The van der Waals surface area contributed by atoms with Crippen LogP contribution in [-0.2, 0) is 30.5 Å². The lowest BCUT2D eigenvalue weighted by molar-refractivity contribution is -0.136. The highest BCUT2D eigenvalue weighted by atomic mass is 16.5. The van der Waals surface area contributed by atoms with Gasteiger partial charge in [-0.3, -0.25) is 14.4 Å². The van der Waals surface area contributed by atoms with E-state index in [9.17, 15) is 14.4 Å². The fourth-order valence-corrected chi connectivity index (χ4v) is 5.26. The van der Waals surface area contributed by atoms with Crippen molar-refractivity contribution in [3.05, 3.63) is 90.0 Å². The van der Waals surface area contributed by atoms with E-state index in [0.29, 0.717) is 25.3 Å². The summed E-state index contributed by atoms with van der Waals surface area (Å²) < 4.78 is 13.1. The van der Waals surface area contributed by atoms with Crippen molar-refractivity contribution >= 4 is 23.4 Å². The monoisotopic (exact) mass is 600 g/mol. The first kappa shape index (κ1) is 31.2. The molecule has 0 bridgehead atoms. The fourth-order valence-electron chi connectivity index (χ4n) is 5.26. The molecule has 0 radical (unpaired) electrons. The van der Waals surface area contributed by atoms with Gasteiger partial charge in [0.1, 0.15) is 11.8 Å². The zero-order valence-electron chi connectivity index (χ0n) is 25.5. The van der Waals surface area contributed by atoms with Gasteiger partial charge in [0, 0.05) is 32.9 Å². The van der Waals surface area contributed by atoms with Crippen LogP contribution < -0.4 is 5.73 Å². The molecule has 44 heavy (non-hydrogen) atoms. The Morgan fingerprint density at radius 2 is 1.70 bits per heavy atom. The lowest BCUT2D eigenvalue weighted by Gasteiger charge is -2.34. The number of amides is 3. The number of nitrogens with two attached hydrogens (primary N) is 1. The summed E-state index contributed by atoms with van der Waals surface area (Å²) in [5.41, 5.74) is 7.15. The van der Waals surface area contributed by atoms with Gasteiger partial charge in [0.2, 0.25) is 5.91 Å². The third kappa shape index (κ3) is 7.47. The van der Waals surface area contributed by atoms with E-state index in [2.05, 4.69) is 9.98 Å². The first-order valence-corrected chi connectivity index (χ1v) is 14.9. The number of hydrogen-bond donors (Lipinski definition) is 1. The first-order valence-electron chi connectivity index (χ1n) is 14.9. The van der Waals surface area contributed by atoms with Gasteiger partial charge in [0.05, 0.1) is 42.9 Å². The molecule has 2 fully saturated rings. The summed E-state index contributed by atoms with van der Waals surface area (Å²) in [6, 6.07) is 18.3. The van der Waals surface area contributed by atoms with Crippen molar-refractivity contribution in [2.75, 3.05) is 33.4 Å². The Bertz CT molecular complexity index is 1480. The highest BCUT2D eigenvalue weighted by Gasteiger charge is 2.44. The Labute approximate surface area is 257 Å². The first-order chi connectivity index (χ1) is 21.2. The number of piperidine rings is 1. The Morgan fingerprint density at radius 3 is 2.34 bits per heavy atom. The maximum Gasteiger partial charge on any atom is 0.271 e. The Kier molecular flexibility index (Phi) is 9.68. The molecule has 2 saturated heterocycles. The van der Waals surface area contributed by atoms with Crippen LogP contribution in [0.25, 0.3) is 0 Å². The van der Waals surface area contributed by atoms with E-state index in [1.165, 1.54) is 0 Å². The van der Waals surface area contributed by atoms with E-state index in [1.807, 2.05) is 76.3 Å². The third-order valence-electron chi connectivity index (χ3n) is 7.96. The molecule has 3 aromatic rings. The molecule has 2 aliphatic rings. The average Bonchev–Trinajstić information content (AvgIpc) is 3.69. The largest absolute Gasteiger partial charge is 0.381 e. The number of aliphatic imine (C=N–C) groups is 1. The number of methoxy groups -OCH3 is 1. The maximum absolute atomic E-state index is 13.8. The van der Waals surface area contributed by atoms with Gasteiger partial charge in [-0.15, -0.1) is 0 Å². The van der Waals surface area contributed by atoms with E-state index in [0.717, 1.165) is 24.0 Å². The topological polar surface area (TPSA) is 132 Å². The number of likely N-dealkylation sites (tertiary alicyclic amines) is 1. The van der Waals surface area contributed by atoms with E-state index in [4.69, 9.17) is 15.2 Å². The Morgan fingerprint density at radius 1 is 1.05 bits per heavy atom. The minimum absolute atomic E-state index is 0.00803. The second kappa shape index (κ2) is 13.6. The molecular formula is C33H40N6O5. The number of rotatable bonds is 11. The van der Waals surface area contributed by atoms with Crippen molar-refractivity contribution in [2.24, 2.45) is 10.7 Å². The van der Waals surface area contributed by atoms with Crippen LogP contribution in [0.15, 0.2) is 78.2 Å². The molecule has 1 aromatic heterocycles. The smallest absolute Gasteiger partial charge is 0.271 e. The van der Waals surface area contributed by atoms with Crippen LogP contribution >= 0.6 is 0 Å². The molecule has 0 saturated carbocycles. The molecule has 2 aromatic carbocycles. The van der Waals surface area contributed by atoms with Crippen molar-refractivity contribution < 1.29 is 23.9 Å². The number of ether oxygens (including phenoxy) is 2. The molecule has 5 rings (SSSR count). The van der Waals surface area contributed by atoms with Crippen LogP contribution in [0.4, 0.5) is 0 Å². The second-order valence-corrected chi connectivity index (χ2v) is 11.9. The van der Waals surface area contributed by atoms with Crippen LogP contribution in [0.2, 0.25) is 0 Å². The second-order valence-electron chi connectivity index (χ2n) is 11.9. The van der Waals surface area contributed by atoms with Gasteiger partial charge in [0.25, 0.3) is 11.8 Å². The van der Waals surface area contributed by atoms with E-state index in [-0.39, 0.29) is 37.0 Å². The van der Waals surface area contributed by atoms with Crippen molar-refractivity contribution in [1.82, 2.24) is 19.4 Å². The highest BCUT2D eigenvalue weighted by molar-refractivity contribution is 6.41. The number of benzene rings is 2. The van der Waals surface area contributed by atoms with Gasteiger partial charge >= 0.3 is 0 Å². The van der Waals surface area contributed by atoms with Gasteiger partial charge in [-0.2, -0.15) is 0 Å². The number of carbonyl (C=O) groups is 3. The van der Waals surface area contributed by atoms with Gasteiger partial charge in [-0.25, -0.2) is 9.98 Å². The highest BCUT2D eigenvalue weighted by Crippen LogP contribution is 2.35. The number of aromatic nitrogens is 2. The predicted molar refractivity (Wildman–Crippen MR) is 165 cm³/mol. The molecule has 2 aliphatic heterocycles.